The number of carbonyl (C=O) groups is 2. The van der Waals surface area contributed by atoms with Crippen molar-refractivity contribution in [2.75, 3.05) is 38.1 Å². The van der Waals surface area contributed by atoms with Gasteiger partial charge in [-0.15, -0.1) is 0 Å². The summed E-state index contributed by atoms with van der Waals surface area (Å²) in [5.41, 5.74) is 3.91. The van der Waals surface area contributed by atoms with Gasteiger partial charge in [-0.2, -0.15) is 0 Å². The van der Waals surface area contributed by atoms with E-state index in [2.05, 4.69) is 37.0 Å². The SMILES string of the molecule is CNC(=O)c1ccc(N2CCN([C@H](C)C3=CC4=NC(=O)C(C)=CC4N=C3)CC2)cn1. The monoisotopic (exact) mass is 406 g/mol. The van der Waals surface area contributed by atoms with Gasteiger partial charge in [0.25, 0.3) is 11.8 Å². The molecule has 8 nitrogen and oxygen atoms in total. The first-order valence-electron chi connectivity index (χ1n) is 10.2. The molecule has 1 unspecified atom stereocenters. The highest BCUT2D eigenvalue weighted by atomic mass is 16.2. The number of hydrogen-bond donors (Lipinski definition) is 1. The van der Waals surface area contributed by atoms with E-state index in [1.54, 1.807) is 26.2 Å². The molecule has 0 bridgehead atoms. The second-order valence-corrected chi connectivity index (χ2v) is 7.74. The number of fused-ring (bicyclic) bond motifs is 1. The minimum atomic E-state index is -0.181. The number of rotatable bonds is 4. The molecule has 3 aliphatic rings. The van der Waals surface area contributed by atoms with Crippen molar-refractivity contribution in [2.45, 2.75) is 25.9 Å². The maximum atomic E-state index is 11.9. The van der Waals surface area contributed by atoms with Gasteiger partial charge in [0.1, 0.15) is 11.7 Å². The van der Waals surface area contributed by atoms with Crippen LogP contribution in [0.4, 0.5) is 5.69 Å². The number of aliphatic imine (C=N–C) groups is 2. The first kappa shape index (κ1) is 20.2. The van der Waals surface area contributed by atoms with E-state index in [0.717, 1.165) is 43.2 Å². The van der Waals surface area contributed by atoms with E-state index in [9.17, 15) is 9.59 Å². The van der Waals surface area contributed by atoms with Gasteiger partial charge < -0.3 is 10.2 Å². The van der Waals surface area contributed by atoms with Crippen molar-refractivity contribution < 1.29 is 9.59 Å². The van der Waals surface area contributed by atoms with E-state index < -0.39 is 0 Å². The number of nitrogens with one attached hydrogen (secondary N) is 1. The third-order valence-corrected chi connectivity index (χ3v) is 5.89. The summed E-state index contributed by atoms with van der Waals surface area (Å²) in [5, 5.41) is 2.58. The molecule has 2 atom stereocenters. The summed E-state index contributed by atoms with van der Waals surface area (Å²) in [6.45, 7) is 7.50. The second kappa shape index (κ2) is 8.31. The van der Waals surface area contributed by atoms with Crippen LogP contribution in [0.5, 0.6) is 0 Å². The predicted octanol–water partition coefficient (Wildman–Crippen LogP) is 1.26. The molecule has 1 aromatic heterocycles. The lowest BCUT2D eigenvalue weighted by Gasteiger charge is -2.39. The Morgan fingerprint density at radius 3 is 2.67 bits per heavy atom. The molecular weight excluding hydrogens is 380 g/mol. The van der Waals surface area contributed by atoms with Gasteiger partial charge in [-0.3, -0.25) is 19.5 Å². The van der Waals surface area contributed by atoms with Gasteiger partial charge in [0.05, 0.1) is 17.6 Å². The second-order valence-electron chi connectivity index (χ2n) is 7.74. The smallest absolute Gasteiger partial charge is 0.272 e. The van der Waals surface area contributed by atoms with Gasteiger partial charge in [0, 0.05) is 51.1 Å². The van der Waals surface area contributed by atoms with Gasteiger partial charge in [0.2, 0.25) is 0 Å². The number of dihydropyridines is 2. The molecule has 0 saturated carbocycles. The number of nitrogens with zero attached hydrogens (tertiary/aromatic N) is 5. The number of anilines is 1. The van der Waals surface area contributed by atoms with Crippen LogP contribution in [0.2, 0.25) is 0 Å². The maximum Gasteiger partial charge on any atom is 0.272 e. The number of piperazine rings is 1. The molecule has 0 spiro atoms. The fraction of sp³-hybridized carbons (Fsp3) is 0.409. The molecule has 8 heteroatoms. The van der Waals surface area contributed by atoms with Crippen molar-refractivity contribution >= 4 is 29.4 Å². The average Bonchev–Trinajstić information content (AvgIpc) is 2.79. The minimum absolute atomic E-state index is 0.138. The summed E-state index contributed by atoms with van der Waals surface area (Å²) in [4.78, 5) is 41.3. The summed E-state index contributed by atoms with van der Waals surface area (Å²) < 4.78 is 0. The maximum absolute atomic E-state index is 11.9. The Morgan fingerprint density at radius 2 is 2.00 bits per heavy atom. The molecule has 4 heterocycles. The fourth-order valence-corrected chi connectivity index (χ4v) is 3.92. The van der Waals surface area contributed by atoms with Crippen molar-refractivity contribution in [2.24, 2.45) is 9.98 Å². The number of aromatic nitrogens is 1. The fourth-order valence-electron chi connectivity index (χ4n) is 3.92. The van der Waals surface area contributed by atoms with Gasteiger partial charge in [0.15, 0.2) is 0 Å². The molecule has 2 amide bonds. The lowest BCUT2D eigenvalue weighted by atomic mass is 9.96. The highest BCUT2D eigenvalue weighted by molar-refractivity contribution is 6.16. The topological polar surface area (TPSA) is 90.3 Å². The Labute approximate surface area is 176 Å². The Balaban J connectivity index is 1.38. The first-order valence-corrected chi connectivity index (χ1v) is 10.2. The van der Waals surface area contributed by atoms with Crippen LogP contribution >= 0.6 is 0 Å². The zero-order valence-corrected chi connectivity index (χ0v) is 17.5. The molecular formula is C22H26N6O2. The Morgan fingerprint density at radius 1 is 1.23 bits per heavy atom. The third-order valence-electron chi connectivity index (χ3n) is 5.89. The van der Waals surface area contributed by atoms with Gasteiger partial charge >= 0.3 is 0 Å². The van der Waals surface area contributed by atoms with Crippen LogP contribution in [0.3, 0.4) is 0 Å². The molecule has 0 radical (unpaired) electrons. The van der Waals surface area contributed by atoms with E-state index >= 15 is 0 Å². The van der Waals surface area contributed by atoms with Gasteiger partial charge in [-0.25, -0.2) is 9.98 Å². The van der Waals surface area contributed by atoms with E-state index in [-0.39, 0.29) is 23.9 Å². The Hall–Kier alpha value is -3.13. The van der Waals surface area contributed by atoms with Gasteiger partial charge in [-0.05, 0) is 43.7 Å². The van der Waals surface area contributed by atoms with Crippen LogP contribution in [-0.4, -0.2) is 78.9 Å². The first-order chi connectivity index (χ1) is 14.5. The normalized spacial score (nSPS) is 22.6. The number of carbonyl (C=O) groups excluding carboxylic acids is 2. The van der Waals surface area contributed by atoms with Crippen molar-refractivity contribution in [1.82, 2.24) is 15.2 Å². The van der Waals surface area contributed by atoms with E-state index in [0.29, 0.717) is 11.3 Å². The van der Waals surface area contributed by atoms with Gasteiger partial charge in [-0.1, -0.05) is 0 Å². The highest BCUT2D eigenvalue weighted by Gasteiger charge is 2.27. The molecule has 1 saturated heterocycles. The molecule has 0 aromatic carbocycles. The van der Waals surface area contributed by atoms with E-state index in [1.165, 1.54) is 0 Å². The Kier molecular flexibility index (Phi) is 5.59. The molecule has 1 N–H and O–H groups in total. The number of amides is 2. The number of hydrogen-bond acceptors (Lipinski definition) is 6. The van der Waals surface area contributed by atoms with Crippen molar-refractivity contribution in [3.05, 3.63) is 47.3 Å². The number of pyridine rings is 1. The standard InChI is InChI=1S/C22H26N6O2/c1-14-10-19-20(26-21(14)29)11-16(12-24-19)15(2)27-6-8-28(9-7-27)17-4-5-18(25-13-17)22(30)23-3/h4-5,10-13,15,19H,6-9H2,1-3H3,(H,23,30)/t15-,19?/m1/s1. The quantitative estimate of drug-likeness (QED) is 0.813. The van der Waals surface area contributed by atoms with Crippen molar-refractivity contribution in [3.8, 4) is 0 Å². The molecule has 1 fully saturated rings. The summed E-state index contributed by atoms with van der Waals surface area (Å²) in [6, 6.07) is 3.75. The molecule has 30 heavy (non-hydrogen) atoms. The summed E-state index contributed by atoms with van der Waals surface area (Å²) in [5.74, 6) is -0.356. The lowest BCUT2D eigenvalue weighted by molar-refractivity contribution is -0.114. The lowest BCUT2D eigenvalue weighted by Crippen LogP contribution is -2.50. The largest absolute Gasteiger partial charge is 0.368 e. The van der Waals surface area contributed by atoms with Crippen LogP contribution < -0.4 is 10.2 Å². The van der Waals surface area contributed by atoms with Crippen molar-refractivity contribution in [1.29, 1.82) is 0 Å². The molecule has 4 rings (SSSR count). The van der Waals surface area contributed by atoms with Crippen LogP contribution in [0.15, 0.2) is 51.6 Å². The van der Waals surface area contributed by atoms with Crippen LogP contribution in [-0.2, 0) is 4.79 Å². The predicted molar refractivity (Wildman–Crippen MR) is 117 cm³/mol. The van der Waals surface area contributed by atoms with Crippen LogP contribution in [0, 0.1) is 0 Å². The summed E-state index contributed by atoms with van der Waals surface area (Å²) in [6.07, 6.45) is 7.56. The third kappa shape index (κ3) is 3.95. The van der Waals surface area contributed by atoms with Crippen LogP contribution in [0.25, 0.3) is 0 Å². The zero-order chi connectivity index (χ0) is 21.3. The van der Waals surface area contributed by atoms with E-state index in [4.69, 9.17) is 0 Å². The molecule has 0 aliphatic carbocycles. The molecule has 156 valence electrons. The minimum Gasteiger partial charge on any atom is -0.368 e. The summed E-state index contributed by atoms with van der Waals surface area (Å²) >= 11 is 0. The zero-order valence-electron chi connectivity index (χ0n) is 17.5. The highest BCUT2D eigenvalue weighted by Crippen LogP contribution is 2.22. The Bertz CT molecular complexity index is 968. The van der Waals surface area contributed by atoms with E-state index in [1.807, 2.05) is 24.4 Å². The van der Waals surface area contributed by atoms with Crippen molar-refractivity contribution in [3.63, 3.8) is 0 Å². The van der Waals surface area contributed by atoms with Crippen LogP contribution in [0.1, 0.15) is 24.3 Å². The molecule has 1 aromatic rings. The molecule has 3 aliphatic heterocycles. The summed E-state index contributed by atoms with van der Waals surface area (Å²) in [7, 11) is 1.60. The average molecular weight is 406 g/mol.